The summed E-state index contributed by atoms with van der Waals surface area (Å²) in [5.41, 5.74) is 3.59. The van der Waals surface area contributed by atoms with E-state index in [0.717, 1.165) is 6.42 Å². The number of nitrogens with one attached hydrogen (secondary N) is 1. The highest BCUT2D eigenvalue weighted by atomic mass is 16.5. The second-order valence-electron chi connectivity index (χ2n) is 5.51. The third kappa shape index (κ3) is 6.74. The van der Waals surface area contributed by atoms with Gasteiger partial charge in [0, 0.05) is 0 Å². The highest BCUT2D eigenvalue weighted by molar-refractivity contribution is 5.75. The van der Waals surface area contributed by atoms with E-state index in [1.807, 2.05) is 17.6 Å². The van der Waals surface area contributed by atoms with Crippen molar-refractivity contribution < 1.29 is 15.1 Å². The number of carbonyl (C=O) groups is 1. The summed E-state index contributed by atoms with van der Waals surface area (Å²) >= 11 is 0. The van der Waals surface area contributed by atoms with Gasteiger partial charge in [-0.25, -0.2) is 0 Å². The summed E-state index contributed by atoms with van der Waals surface area (Å²) in [5.74, 6) is -1.09. The maximum Gasteiger partial charge on any atom is 0.327 e. The number of hydroxylamine groups is 1. The maximum atomic E-state index is 10.9. The number of hydrogen-bond donors (Lipinski definition) is 3. The lowest BCUT2D eigenvalue weighted by Gasteiger charge is -2.11. The molecule has 0 heterocycles. The number of hydrogen-bond acceptors (Lipinski definition) is 3. The number of rotatable bonds is 11. The Hall–Kier alpha value is -1.39. The summed E-state index contributed by atoms with van der Waals surface area (Å²) in [6.07, 6.45) is 10.0. The van der Waals surface area contributed by atoms with Gasteiger partial charge in [-0.15, -0.1) is 0 Å². The lowest BCUT2D eigenvalue weighted by Crippen LogP contribution is -2.25. The summed E-state index contributed by atoms with van der Waals surface area (Å²) < 4.78 is 0. The lowest BCUT2D eigenvalue weighted by atomic mass is 10.0. The van der Waals surface area contributed by atoms with Gasteiger partial charge in [0.1, 0.15) is 0 Å². The van der Waals surface area contributed by atoms with Crippen LogP contribution in [0.4, 0.5) is 0 Å². The van der Waals surface area contributed by atoms with Crippen LogP contribution in [0.15, 0.2) is 24.3 Å². The zero-order valence-electron chi connectivity index (χ0n) is 12.8. The molecule has 1 aromatic carbocycles. The highest BCUT2D eigenvalue weighted by Crippen LogP contribution is 2.16. The minimum atomic E-state index is -1.09. The van der Waals surface area contributed by atoms with Gasteiger partial charge in [0.05, 0.1) is 0 Å². The molecule has 0 aliphatic carbocycles. The smallest absolute Gasteiger partial charge is 0.327 e. The number of unbranched alkanes of at least 4 members (excludes halogenated alkanes) is 6. The Morgan fingerprint density at radius 1 is 1.05 bits per heavy atom. The predicted octanol–water partition coefficient (Wildman–Crippen LogP) is 4.08. The molecule has 0 fully saturated rings. The topological polar surface area (TPSA) is 69.6 Å². The molecule has 1 atom stereocenters. The molecule has 1 aromatic rings. The Kier molecular flexibility index (Phi) is 8.71. The SMILES string of the molecule is CCCCCCCCCc1ccc(C(NO)C(=O)O)cc1. The fourth-order valence-electron chi connectivity index (χ4n) is 2.44. The molecule has 0 spiro atoms. The van der Waals surface area contributed by atoms with E-state index in [1.165, 1.54) is 50.5 Å². The normalized spacial score (nSPS) is 12.3. The summed E-state index contributed by atoms with van der Waals surface area (Å²) in [4.78, 5) is 10.9. The van der Waals surface area contributed by atoms with Crippen molar-refractivity contribution in [3.63, 3.8) is 0 Å². The standard InChI is InChI=1S/C17H27NO3/c1-2-3-4-5-6-7-8-9-14-10-12-15(13-11-14)16(18-21)17(19)20/h10-13,16,18,21H,2-9H2,1H3,(H,19,20). The molecule has 0 saturated carbocycles. The van der Waals surface area contributed by atoms with Gasteiger partial charge in [-0.2, -0.15) is 5.48 Å². The van der Waals surface area contributed by atoms with Crippen LogP contribution < -0.4 is 5.48 Å². The summed E-state index contributed by atoms with van der Waals surface area (Å²) in [7, 11) is 0. The van der Waals surface area contributed by atoms with E-state index in [1.54, 1.807) is 12.1 Å². The van der Waals surface area contributed by atoms with E-state index < -0.39 is 12.0 Å². The second kappa shape index (κ2) is 10.4. The van der Waals surface area contributed by atoms with Crippen molar-refractivity contribution in [3.05, 3.63) is 35.4 Å². The second-order valence-corrected chi connectivity index (χ2v) is 5.51. The molecule has 1 rings (SSSR count). The summed E-state index contributed by atoms with van der Waals surface area (Å²) in [5, 5.41) is 17.8. The first-order valence-corrected chi connectivity index (χ1v) is 7.90. The van der Waals surface area contributed by atoms with Gasteiger partial charge in [0.15, 0.2) is 6.04 Å². The molecular weight excluding hydrogens is 266 g/mol. The first-order valence-electron chi connectivity index (χ1n) is 7.90. The van der Waals surface area contributed by atoms with Crippen LogP contribution in [0.3, 0.4) is 0 Å². The van der Waals surface area contributed by atoms with Crippen LogP contribution in [-0.2, 0) is 11.2 Å². The zero-order valence-corrected chi connectivity index (χ0v) is 12.8. The van der Waals surface area contributed by atoms with Crippen molar-refractivity contribution >= 4 is 5.97 Å². The van der Waals surface area contributed by atoms with Gasteiger partial charge in [-0.05, 0) is 24.0 Å². The van der Waals surface area contributed by atoms with Gasteiger partial charge in [-0.3, -0.25) is 4.79 Å². The van der Waals surface area contributed by atoms with Crippen LogP contribution in [0.1, 0.15) is 69.0 Å². The third-order valence-electron chi connectivity index (χ3n) is 3.76. The van der Waals surface area contributed by atoms with Gasteiger partial charge >= 0.3 is 5.97 Å². The molecule has 21 heavy (non-hydrogen) atoms. The van der Waals surface area contributed by atoms with Gasteiger partial charge in [0.2, 0.25) is 0 Å². The predicted molar refractivity (Wildman–Crippen MR) is 83.4 cm³/mol. The van der Waals surface area contributed by atoms with Crippen LogP contribution in [-0.4, -0.2) is 16.3 Å². The lowest BCUT2D eigenvalue weighted by molar-refractivity contribution is -0.142. The average molecular weight is 293 g/mol. The molecule has 3 N–H and O–H groups in total. The largest absolute Gasteiger partial charge is 0.480 e. The van der Waals surface area contributed by atoms with Crippen molar-refractivity contribution in [2.45, 2.75) is 64.3 Å². The van der Waals surface area contributed by atoms with Gasteiger partial charge < -0.3 is 10.3 Å². The Labute approximate surface area is 127 Å². The van der Waals surface area contributed by atoms with Crippen LogP contribution in [0, 0.1) is 0 Å². The summed E-state index contributed by atoms with van der Waals surface area (Å²) in [6.45, 7) is 2.23. The van der Waals surface area contributed by atoms with Crippen molar-refractivity contribution in [1.82, 2.24) is 5.48 Å². The molecule has 0 aromatic heterocycles. The number of carboxylic acids is 1. The molecule has 0 amide bonds. The Bertz CT molecular complexity index is 403. The number of benzene rings is 1. The number of aryl methyl sites for hydroxylation is 1. The Morgan fingerprint density at radius 2 is 1.62 bits per heavy atom. The first kappa shape index (κ1) is 17.7. The fraction of sp³-hybridized carbons (Fsp3) is 0.588. The molecule has 0 aliphatic rings. The van der Waals surface area contributed by atoms with Gasteiger partial charge in [-0.1, -0.05) is 69.7 Å². The van der Waals surface area contributed by atoms with E-state index in [2.05, 4.69) is 6.92 Å². The van der Waals surface area contributed by atoms with E-state index in [9.17, 15) is 4.79 Å². The molecule has 0 radical (unpaired) electrons. The minimum absolute atomic E-state index is 0.563. The van der Waals surface area contributed by atoms with E-state index in [0.29, 0.717) is 5.56 Å². The van der Waals surface area contributed by atoms with Crippen molar-refractivity contribution in [2.24, 2.45) is 0 Å². The minimum Gasteiger partial charge on any atom is -0.480 e. The van der Waals surface area contributed by atoms with Crippen LogP contribution in [0.5, 0.6) is 0 Å². The van der Waals surface area contributed by atoms with E-state index in [4.69, 9.17) is 10.3 Å². The number of carboxylic acid groups (broad SMARTS) is 1. The monoisotopic (exact) mass is 293 g/mol. The first-order chi connectivity index (χ1) is 10.2. The molecule has 0 aliphatic heterocycles. The quantitative estimate of drug-likeness (QED) is 0.424. The number of aliphatic carboxylic acids is 1. The highest BCUT2D eigenvalue weighted by Gasteiger charge is 2.17. The molecular formula is C17H27NO3. The molecule has 1 unspecified atom stereocenters. The van der Waals surface area contributed by atoms with E-state index >= 15 is 0 Å². The summed E-state index contributed by atoms with van der Waals surface area (Å²) in [6, 6.07) is 6.36. The Balaban J connectivity index is 2.29. The van der Waals surface area contributed by atoms with Gasteiger partial charge in [0.25, 0.3) is 0 Å². The molecule has 4 heteroatoms. The van der Waals surface area contributed by atoms with Crippen molar-refractivity contribution in [2.75, 3.05) is 0 Å². The average Bonchev–Trinajstić information content (AvgIpc) is 2.48. The maximum absolute atomic E-state index is 10.9. The molecule has 0 saturated heterocycles. The van der Waals surface area contributed by atoms with E-state index in [-0.39, 0.29) is 0 Å². The van der Waals surface area contributed by atoms with Crippen LogP contribution in [0.25, 0.3) is 0 Å². The molecule has 4 nitrogen and oxygen atoms in total. The fourth-order valence-corrected chi connectivity index (χ4v) is 2.44. The molecule has 0 bridgehead atoms. The van der Waals surface area contributed by atoms with Crippen LogP contribution >= 0.6 is 0 Å². The van der Waals surface area contributed by atoms with Crippen LogP contribution in [0.2, 0.25) is 0 Å². The van der Waals surface area contributed by atoms with Crippen molar-refractivity contribution in [3.8, 4) is 0 Å². The Morgan fingerprint density at radius 3 is 2.14 bits per heavy atom. The third-order valence-corrected chi connectivity index (χ3v) is 3.76. The molecule has 118 valence electrons. The van der Waals surface area contributed by atoms with Crippen molar-refractivity contribution in [1.29, 1.82) is 0 Å². The zero-order chi connectivity index (χ0) is 15.5.